The molecule has 0 saturated carbocycles. The molecular weight excluding hydrogens is 204 g/mol. The van der Waals surface area contributed by atoms with Gasteiger partial charge in [0.1, 0.15) is 5.75 Å². The summed E-state index contributed by atoms with van der Waals surface area (Å²) in [6, 6.07) is 6.70. The molecule has 3 N–H and O–H groups in total. The molecule has 0 bridgehead atoms. The molecule has 16 heavy (non-hydrogen) atoms. The summed E-state index contributed by atoms with van der Waals surface area (Å²) >= 11 is 0. The zero-order valence-corrected chi connectivity index (χ0v) is 9.66. The Labute approximate surface area is 95.7 Å². The number of rotatable bonds is 5. The molecular formula is C12H18N2O2. The number of phenolic OH excluding ortho intramolecular Hbond substituents is 1. The molecule has 1 aromatic rings. The van der Waals surface area contributed by atoms with Crippen molar-refractivity contribution in [3.8, 4) is 5.75 Å². The third-order valence-electron chi connectivity index (χ3n) is 2.29. The van der Waals surface area contributed by atoms with Crippen LogP contribution in [0.25, 0.3) is 0 Å². The highest BCUT2D eigenvalue weighted by Gasteiger charge is 2.10. The summed E-state index contributed by atoms with van der Waals surface area (Å²) in [6.07, 6.45) is 0. The van der Waals surface area contributed by atoms with Crippen LogP contribution in [0.15, 0.2) is 24.3 Å². The number of amides is 1. The summed E-state index contributed by atoms with van der Waals surface area (Å²) in [5.41, 5.74) is 1.04. The maximum Gasteiger partial charge on any atom is 0.236 e. The number of carbonyl (C=O) groups is 1. The molecule has 1 aromatic carbocycles. The van der Waals surface area contributed by atoms with E-state index in [1.165, 1.54) is 0 Å². The Morgan fingerprint density at radius 1 is 1.38 bits per heavy atom. The predicted molar refractivity (Wildman–Crippen MR) is 63.1 cm³/mol. The SMILES string of the molecule is CCNC(=O)C(C)NCc1ccc(O)cc1. The van der Waals surface area contributed by atoms with Crippen molar-refractivity contribution in [2.75, 3.05) is 6.54 Å². The Hall–Kier alpha value is -1.55. The number of likely N-dealkylation sites (N-methyl/N-ethyl adjacent to an activating group) is 1. The summed E-state index contributed by atoms with van der Waals surface area (Å²) in [4.78, 5) is 11.4. The first-order valence-electron chi connectivity index (χ1n) is 5.42. The Kier molecular flexibility index (Phi) is 4.79. The minimum atomic E-state index is -0.214. The van der Waals surface area contributed by atoms with E-state index in [1.54, 1.807) is 12.1 Å². The molecule has 0 saturated heterocycles. The van der Waals surface area contributed by atoms with Crippen LogP contribution in [0.1, 0.15) is 19.4 Å². The number of nitrogens with one attached hydrogen (secondary N) is 2. The van der Waals surface area contributed by atoms with Gasteiger partial charge in [0.05, 0.1) is 6.04 Å². The van der Waals surface area contributed by atoms with Gasteiger partial charge < -0.3 is 15.7 Å². The molecule has 0 aliphatic heterocycles. The minimum Gasteiger partial charge on any atom is -0.508 e. The van der Waals surface area contributed by atoms with Gasteiger partial charge in [-0.2, -0.15) is 0 Å². The monoisotopic (exact) mass is 222 g/mol. The number of hydrogen-bond acceptors (Lipinski definition) is 3. The van der Waals surface area contributed by atoms with Crippen molar-refractivity contribution in [2.45, 2.75) is 26.4 Å². The standard InChI is InChI=1S/C12H18N2O2/c1-3-13-12(16)9(2)14-8-10-4-6-11(15)7-5-10/h4-7,9,14-15H,3,8H2,1-2H3,(H,13,16). The first-order chi connectivity index (χ1) is 7.63. The molecule has 0 radical (unpaired) electrons. The van der Waals surface area contributed by atoms with Gasteiger partial charge in [-0.3, -0.25) is 4.79 Å². The van der Waals surface area contributed by atoms with Gasteiger partial charge >= 0.3 is 0 Å². The first-order valence-corrected chi connectivity index (χ1v) is 5.42. The van der Waals surface area contributed by atoms with Crippen molar-refractivity contribution in [1.82, 2.24) is 10.6 Å². The number of benzene rings is 1. The van der Waals surface area contributed by atoms with E-state index < -0.39 is 0 Å². The summed E-state index contributed by atoms with van der Waals surface area (Å²) in [6.45, 7) is 4.97. The van der Waals surface area contributed by atoms with E-state index >= 15 is 0 Å². The van der Waals surface area contributed by atoms with Crippen molar-refractivity contribution >= 4 is 5.91 Å². The first kappa shape index (κ1) is 12.5. The Balaban J connectivity index is 2.39. The summed E-state index contributed by atoms with van der Waals surface area (Å²) in [7, 11) is 0. The molecule has 1 amide bonds. The average Bonchev–Trinajstić information content (AvgIpc) is 2.28. The van der Waals surface area contributed by atoms with E-state index in [9.17, 15) is 4.79 Å². The number of aromatic hydroxyl groups is 1. The van der Waals surface area contributed by atoms with Crippen LogP contribution >= 0.6 is 0 Å². The molecule has 0 aromatic heterocycles. The third-order valence-corrected chi connectivity index (χ3v) is 2.29. The maximum atomic E-state index is 11.4. The second-order valence-electron chi connectivity index (χ2n) is 3.66. The summed E-state index contributed by atoms with van der Waals surface area (Å²) in [5, 5.41) is 15.0. The van der Waals surface area contributed by atoms with Gasteiger partial charge in [0, 0.05) is 13.1 Å². The number of hydrogen-bond donors (Lipinski definition) is 3. The van der Waals surface area contributed by atoms with Gasteiger partial charge in [0.25, 0.3) is 0 Å². The second kappa shape index (κ2) is 6.12. The maximum absolute atomic E-state index is 11.4. The van der Waals surface area contributed by atoms with Crippen LogP contribution in [0.5, 0.6) is 5.75 Å². The lowest BCUT2D eigenvalue weighted by molar-refractivity contribution is -0.122. The molecule has 0 spiro atoms. The van der Waals surface area contributed by atoms with Gasteiger partial charge in [-0.25, -0.2) is 0 Å². The van der Waals surface area contributed by atoms with Gasteiger partial charge in [0.15, 0.2) is 0 Å². The van der Waals surface area contributed by atoms with E-state index in [0.29, 0.717) is 13.1 Å². The van der Waals surface area contributed by atoms with E-state index in [4.69, 9.17) is 5.11 Å². The number of phenols is 1. The van der Waals surface area contributed by atoms with E-state index in [-0.39, 0.29) is 17.7 Å². The van der Waals surface area contributed by atoms with E-state index in [0.717, 1.165) is 5.56 Å². The quantitative estimate of drug-likeness (QED) is 0.696. The van der Waals surface area contributed by atoms with Crippen LogP contribution < -0.4 is 10.6 Å². The second-order valence-corrected chi connectivity index (χ2v) is 3.66. The van der Waals surface area contributed by atoms with Crippen molar-refractivity contribution in [3.63, 3.8) is 0 Å². The van der Waals surface area contributed by atoms with Crippen LogP contribution in [-0.2, 0) is 11.3 Å². The fourth-order valence-corrected chi connectivity index (χ4v) is 1.30. The molecule has 0 aliphatic rings. The molecule has 1 atom stereocenters. The molecule has 0 aliphatic carbocycles. The lowest BCUT2D eigenvalue weighted by atomic mass is 10.2. The van der Waals surface area contributed by atoms with Crippen LogP contribution in [0.4, 0.5) is 0 Å². The molecule has 0 fully saturated rings. The fraction of sp³-hybridized carbons (Fsp3) is 0.417. The highest BCUT2D eigenvalue weighted by atomic mass is 16.3. The minimum absolute atomic E-state index is 0.00118. The van der Waals surface area contributed by atoms with Gasteiger partial charge in [-0.1, -0.05) is 12.1 Å². The topological polar surface area (TPSA) is 61.4 Å². The van der Waals surface area contributed by atoms with E-state index in [1.807, 2.05) is 26.0 Å². The van der Waals surface area contributed by atoms with Crippen molar-refractivity contribution < 1.29 is 9.90 Å². The lowest BCUT2D eigenvalue weighted by Gasteiger charge is -2.13. The molecule has 1 rings (SSSR count). The van der Waals surface area contributed by atoms with E-state index in [2.05, 4.69) is 10.6 Å². The molecule has 0 heterocycles. The largest absolute Gasteiger partial charge is 0.508 e. The molecule has 88 valence electrons. The van der Waals surface area contributed by atoms with Crippen LogP contribution in [0, 0.1) is 0 Å². The number of carbonyl (C=O) groups excluding carboxylic acids is 1. The Morgan fingerprint density at radius 3 is 2.56 bits per heavy atom. The summed E-state index contributed by atoms with van der Waals surface area (Å²) in [5.74, 6) is 0.252. The highest BCUT2D eigenvalue weighted by molar-refractivity contribution is 5.81. The van der Waals surface area contributed by atoms with Crippen LogP contribution in [0.2, 0.25) is 0 Å². The lowest BCUT2D eigenvalue weighted by Crippen LogP contribution is -2.41. The molecule has 1 unspecified atom stereocenters. The van der Waals surface area contributed by atoms with Crippen LogP contribution in [-0.4, -0.2) is 23.6 Å². The normalized spacial score (nSPS) is 12.1. The van der Waals surface area contributed by atoms with Gasteiger partial charge in [0.2, 0.25) is 5.91 Å². The highest BCUT2D eigenvalue weighted by Crippen LogP contribution is 2.09. The zero-order chi connectivity index (χ0) is 12.0. The van der Waals surface area contributed by atoms with Crippen molar-refractivity contribution in [3.05, 3.63) is 29.8 Å². The van der Waals surface area contributed by atoms with Crippen molar-refractivity contribution in [1.29, 1.82) is 0 Å². The average molecular weight is 222 g/mol. The van der Waals surface area contributed by atoms with Crippen LogP contribution in [0.3, 0.4) is 0 Å². The van der Waals surface area contributed by atoms with Crippen molar-refractivity contribution in [2.24, 2.45) is 0 Å². The fourth-order valence-electron chi connectivity index (χ4n) is 1.30. The Morgan fingerprint density at radius 2 is 2.00 bits per heavy atom. The molecule has 4 nitrogen and oxygen atoms in total. The smallest absolute Gasteiger partial charge is 0.236 e. The predicted octanol–water partition coefficient (Wildman–Crippen LogP) is 1.01. The summed E-state index contributed by atoms with van der Waals surface area (Å²) < 4.78 is 0. The third kappa shape index (κ3) is 3.90. The zero-order valence-electron chi connectivity index (χ0n) is 9.66. The molecule has 4 heteroatoms. The Bertz CT molecular complexity index is 335. The van der Waals surface area contributed by atoms with Gasteiger partial charge in [-0.05, 0) is 31.5 Å². The van der Waals surface area contributed by atoms with Gasteiger partial charge in [-0.15, -0.1) is 0 Å².